The van der Waals surface area contributed by atoms with Crippen LogP contribution in [0.1, 0.15) is 35.4 Å². The molecule has 3 aromatic carbocycles. The molecule has 0 spiro atoms. The number of rotatable bonds is 11. The van der Waals surface area contributed by atoms with E-state index in [2.05, 4.69) is 48.0 Å². The molecule has 0 unspecified atom stereocenters. The summed E-state index contributed by atoms with van der Waals surface area (Å²) in [5.74, 6) is 1.99. The fourth-order valence-corrected chi connectivity index (χ4v) is 4.43. The van der Waals surface area contributed by atoms with Crippen molar-refractivity contribution in [2.45, 2.75) is 46.1 Å². The Labute approximate surface area is 212 Å². The van der Waals surface area contributed by atoms with Crippen molar-refractivity contribution in [3.63, 3.8) is 0 Å². The third-order valence-electron chi connectivity index (χ3n) is 6.11. The van der Waals surface area contributed by atoms with Crippen LogP contribution in [0.3, 0.4) is 0 Å². The van der Waals surface area contributed by atoms with E-state index in [-0.39, 0.29) is 5.91 Å². The molecule has 0 saturated heterocycles. The maximum Gasteiger partial charge on any atom is 0.224 e. The maximum atomic E-state index is 12.4. The fourth-order valence-electron chi connectivity index (χ4n) is 4.30. The number of para-hydroxylation sites is 3. The van der Waals surface area contributed by atoms with Crippen LogP contribution in [0.2, 0.25) is 5.02 Å². The molecule has 0 radical (unpaired) electrons. The molecule has 0 aliphatic rings. The Morgan fingerprint density at radius 1 is 0.971 bits per heavy atom. The maximum absolute atomic E-state index is 12.4. The molecule has 35 heavy (non-hydrogen) atoms. The average molecular weight is 490 g/mol. The SMILES string of the molecule is Cc1cccc(C)c1OCCCCn1c(CCNC(=O)Cc2ccc(Cl)cc2)nc2ccccc21. The summed E-state index contributed by atoms with van der Waals surface area (Å²) in [6.07, 6.45) is 2.96. The fraction of sp³-hybridized carbons (Fsp3) is 0.310. The van der Waals surface area contributed by atoms with Crippen LogP contribution in [-0.2, 0) is 24.2 Å². The molecule has 4 rings (SSSR count). The van der Waals surface area contributed by atoms with Gasteiger partial charge < -0.3 is 14.6 Å². The molecule has 0 atom stereocenters. The molecule has 5 nitrogen and oxygen atoms in total. The van der Waals surface area contributed by atoms with Crippen LogP contribution in [-0.4, -0.2) is 28.6 Å². The number of hydrogen-bond acceptors (Lipinski definition) is 3. The van der Waals surface area contributed by atoms with Crippen molar-refractivity contribution in [2.24, 2.45) is 0 Å². The highest BCUT2D eigenvalue weighted by Crippen LogP contribution is 2.23. The summed E-state index contributed by atoms with van der Waals surface area (Å²) in [5, 5.41) is 3.70. The van der Waals surface area contributed by atoms with E-state index in [1.54, 1.807) is 12.1 Å². The minimum Gasteiger partial charge on any atom is -0.493 e. The van der Waals surface area contributed by atoms with E-state index < -0.39 is 0 Å². The van der Waals surface area contributed by atoms with Gasteiger partial charge in [-0.3, -0.25) is 4.79 Å². The Morgan fingerprint density at radius 2 is 1.71 bits per heavy atom. The van der Waals surface area contributed by atoms with Crippen molar-refractivity contribution in [3.8, 4) is 5.75 Å². The summed E-state index contributed by atoms with van der Waals surface area (Å²) in [4.78, 5) is 17.2. The predicted octanol–water partition coefficient (Wildman–Crippen LogP) is 6.07. The lowest BCUT2D eigenvalue weighted by atomic mass is 10.1. The van der Waals surface area contributed by atoms with E-state index in [9.17, 15) is 4.79 Å². The molecule has 1 aromatic heterocycles. The van der Waals surface area contributed by atoms with Crippen LogP contribution in [0.4, 0.5) is 0 Å². The molecule has 0 saturated carbocycles. The number of ether oxygens (including phenoxy) is 1. The van der Waals surface area contributed by atoms with Gasteiger partial charge in [-0.05, 0) is 67.6 Å². The number of amides is 1. The minimum absolute atomic E-state index is 0.00127. The second-order valence-corrected chi connectivity index (χ2v) is 9.28. The molecule has 4 aromatic rings. The summed E-state index contributed by atoms with van der Waals surface area (Å²) in [5.41, 5.74) is 5.41. The number of benzene rings is 3. The van der Waals surface area contributed by atoms with Crippen LogP contribution in [0, 0.1) is 13.8 Å². The molecule has 0 aliphatic heterocycles. The topological polar surface area (TPSA) is 56.1 Å². The second-order valence-electron chi connectivity index (χ2n) is 8.85. The van der Waals surface area contributed by atoms with Gasteiger partial charge in [0.05, 0.1) is 24.1 Å². The van der Waals surface area contributed by atoms with Gasteiger partial charge in [0, 0.05) is 24.5 Å². The molecule has 0 aliphatic carbocycles. The molecule has 0 bridgehead atoms. The number of nitrogens with one attached hydrogen (secondary N) is 1. The Morgan fingerprint density at radius 3 is 2.49 bits per heavy atom. The lowest BCUT2D eigenvalue weighted by Crippen LogP contribution is -2.28. The number of imidazole rings is 1. The molecule has 1 heterocycles. The summed E-state index contributed by atoms with van der Waals surface area (Å²) in [7, 11) is 0. The number of fused-ring (bicyclic) bond motifs is 1. The van der Waals surface area contributed by atoms with Gasteiger partial charge in [0.2, 0.25) is 5.91 Å². The zero-order chi connectivity index (χ0) is 24.6. The number of hydrogen-bond donors (Lipinski definition) is 1. The van der Waals surface area contributed by atoms with Gasteiger partial charge in [-0.25, -0.2) is 4.98 Å². The number of carbonyl (C=O) groups excluding carboxylic acids is 1. The van der Waals surface area contributed by atoms with Crippen molar-refractivity contribution in [1.29, 1.82) is 0 Å². The Kier molecular flexibility index (Phi) is 8.43. The zero-order valence-electron chi connectivity index (χ0n) is 20.4. The van der Waals surface area contributed by atoms with Gasteiger partial charge in [-0.2, -0.15) is 0 Å². The third-order valence-corrected chi connectivity index (χ3v) is 6.37. The van der Waals surface area contributed by atoms with Gasteiger partial charge in [-0.15, -0.1) is 0 Å². The Hall–Kier alpha value is -3.31. The highest BCUT2D eigenvalue weighted by atomic mass is 35.5. The monoisotopic (exact) mass is 489 g/mol. The van der Waals surface area contributed by atoms with Crippen molar-refractivity contribution in [3.05, 3.63) is 94.3 Å². The van der Waals surface area contributed by atoms with E-state index in [0.717, 1.165) is 47.6 Å². The quantitative estimate of drug-likeness (QED) is 0.260. The van der Waals surface area contributed by atoms with Crippen molar-refractivity contribution < 1.29 is 9.53 Å². The van der Waals surface area contributed by atoms with Crippen LogP contribution >= 0.6 is 11.6 Å². The first kappa shape index (κ1) is 24.8. The van der Waals surface area contributed by atoms with Gasteiger partial charge in [-0.1, -0.05) is 54.1 Å². The molecule has 182 valence electrons. The smallest absolute Gasteiger partial charge is 0.224 e. The number of carbonyl (C=O) groups is 1. The average Bonchev–Trinajstić information content (AvgIpc) is 3.19. The lowest BCUT2D eigenvalue weighted by molar-refractivity contribution is -0.120. The van der Waals surface area contributed by atoms with Crippen LogP contribution in [0.5, 0.6) is 5.75 Å². The largest absolute Gasteiger partial charge is 0.493 e. The number of unbranched alkanes of at least 4 members (excludes halogenated alkanes) is 1. The normalized spacial score (nSPS) is 11.1. The van der Waals surface area contributed by atoms with E-state index in [4.69, 9.17) is 21.3 Å². The molecule has 6 heteroatoms. The van der Waals surface area contributed by atoms with Crippen molar-refractivity contribution >= 4 is 28.5 Å². The number of halogens is 1. The van der Waals surface area contributed by atoms with Gasteiger partial charge >= 0.3 is 0 Å². The molecular weight excluding hydrogens is 458 g/mol. The third kappa shape index (κ3) is 6.64. The van der Waals surface area contributed by atoms with E-state index >= 15 is 0 Å². The highest BCUT2D eigenvalue weighted by molar-refractivity contribution is 6.30. The number of aryl methyl sites for hydroxylation is 3. The summed E-state index contributed by atoms with van der Waals surface area (Å²) >= 11 is 5.93. The van der Waals surface area contributed by atoms with Gasteiger partial charge in [0.15, 0.2) is 0 Å². The Bertz CT molecular complexity index is 1260. The van der Waals surface area contributed by atoms with Crippen LogP contribution in [0.25, 0.3) is 11.0 Å². The first-order valence-corrected chi connectivity index (χ1v) is 12.5. The predicted molar refractivity (Wildman–Crippen MR) is 142 cm³/mol. The number of nitrogens with zero attached hydrogens (tertiary/aromatic N) is 2. The minimum atomic E-state index is -0.00127. The first-order valence-electron chi connectivity index (χ1n) is 12.2. The number of aromatic nitrogens is 2. The van der Waals surface area contributed by atoms with Crippen molar-refractivity contribution in [2.75, 3.05) is 13.2 Å². The van der Waals surface area contributed by atoms with Crippen LogP contribution in [0.15, 0.2) is 66.7 Å². The molecule has 1 N–H and O–H groups in total. The highest BCUT2D eigenvalue weighted by Gasteiger charge is 2.11. The molecule has 1 amide bonds. The van der Waals surface area contributed by atoms with E-state index in [0.29, 0.717) is 31.0 Å². The van der Waals surface area contributed by atoms with E-state index in [1.165, 1.54) is 11.1 Å². The first-order chi connectivity index (χ1) is 17.0. The lowest BCUT2D eigenvalue weighted by Gasteiger charge is -2.13. The summed E-state index contributed by atoms with van der Waals surface area (Å²) < 4.78 is 8.35. The van der Waals surface area contributed by atoms with Gasteiger partial charge in [0.25, 0.3) is 0 Å². The Balaban J connectivity index is 1.31. The summed E-state index contributed by atoms with van der Waals surface area (Å²) in [6, 6.07) is 21.8. The second kappa shape index (κ2) is 11.9. The zero-order valence-corrected chi connectivity index (χ0v) is 21.1. The van der Waals surface area contributed by atoms with Crippen molar-refractivity contribution in [1.82, 2.24) is 14.9 Å². The van der Waals surface area contributed by atoms with E-state index in [1.807, 2.05) is 30.3 Å². The van der Waals surface area contributed by atoms with Crippen LogP contribution < -0.4 is 10.1 Å². The summed E-state index contributed by atoms with van der Waals surface area (Å²) in [6.45, 7) is 6.27. The molecule has 0 fully saturated rings. The van der Waals surface area contributed by atoms with Gasteiger partial charge in [0.1, 0.15) is 11.6 Å². The molecular formula is C29H32ClN3O2. The standard InChI is InChI=1S/C29H32ClN3O2/c1-21-8-7-9-22(2)29(21)35-19-6-5-18-33-26-11-4-3-10-25(26)32-27(33)16-17-31-28(34)20-23-12-14-24(30)15-13-23/h3-4,7-15H,5-6,16-20H2,1-2H3,(H,31,34).